The fourth-order valence-corrected chi connectivity index (χ4v) is 1.83. The Morgan fingerprint density at radius 2 is 2.00 bits per heavy atom. The van der Waals surface area contributed by atoms with E-state index >= 15 is 0 Å². The zero-order chi connectivity index (χ0) is 11.4. The first kappa shape index (κ1) is 12.9. The van der Waals surface area contributed by atoms with Gasteiger partial charge in [0.05, 0.1) is 0 Å². The molecule has 1 unspecified atom stereocenters. The largest absolute Gasteiger partial charge is 0.433 e. The number of carbonyl (C=O) groups is 1. The molecule has 0 spiro atoms. The summed E-state index contributed by atoms with van der Waals surface area (Å²) in [5.74, 6) is -0.724. The molecule has 0 saturated carbocycles. The minimum Gasteiger partial charge on any atom is -0.433 e. The number of nitrogens with zero attached hydrogens (tertiary/aromatic N) is 1. The van der Waals surface area contributed by atoms with Gasteiger partial charge in [0.1, 0.15) is 11.6 Å². The van der Waals surface area contributed by atoms with Gasteiger partial charge in [-0.15, -0.1) is 0 Å². The van der Waals surface area contributed by atoms with Crippen LogP contribution in [0.1, 0.15) is 6.92 Å². The van der Waals surface area contributed by atoms with Crippen molar-refractivity contribution < 1.29 is 14.0 Å². The first-order chi connectivity index (χ1) is 6.26. The Morgan fingerprint density at radius 1 is 1.50 bits per heavy atom. The third-order valence-corrected chi connectivity index (χ3v) is 2.21. The first-order valence-electron chi connectivity index (χ1n) is 4.24. The minimum atomic E-state index is -1.72. The molecule has 0 N–H and O–H groups in total. The molecule has 0 fully saturated rings. The highest BCUT2D eigenvalue weighted by atomic mass is 28.4. The minimum absolute atomic E-state index is 0.212. The molecule has 0 bridgehead atoms. The molecule has 0 rings (SSSR count). The van der Waals surface area contributed by atoms with Gasteiger partial charge >= 0.3 is 5.97 Å². The predicted molar refractivity (Wildman–Crippen MR) is 54.7 cm³/mol. The summed E-state index contributed by atoms with van der Waals surface area (Å²) in [6.45, 7) is 10.8. The molecule has 0 aromatic rings. The lowest BCUT2D eigenvalue weighted by molar-refractivity contribution is -0.156. The van der Waals surface area contributed by atoms with Gasteiger partial charge in [-0.3, -0.25) is 0 Å². The number of hydrogen-bond acceptors (Lipinski definition) is 4. The van der Waals surface area contributed by atoms with Gasteiger partial charge in [-0.2, -0.15) is 5.26 Å². The van der Waals surface area contributed by atoms with Crippen LogP contribution in [-0.4, -0.2) is 20.6 Å². The van der Waals surface area contributed by atoms with Crippen molar-refractivity contribution in [3.63, 3.8) is 0 Å². The number of nitriles is 1. The summed E-state index contributed by atoms with van der Waals surface area (Å²) in [5, 5.41) is 8.37. The van der Waals surface area contributed by atoms with Crippen molar-refractivity contribution in [2.75, 3.05) is 0 Å². The second-order valence-electron chi connectivity index (χ2n) is 3.79. The van der Waals surface area contributed by atoms with Crippen molar-refractivity contribution in [2.24, 2.45) is 0 Å². The van der Waals surface area contributed by atoms with Crippen molar-refractivity contribution in [1.29, 1.82) is 5.26 Å². The van der Waals surface area contributed by atoms with Crippen molar-refractivity contribution >= 4 is 14.3 Å². The van der Waals surface area contributed by atoms with Gasteiger partial charge in [0.25, 0.3) is 0 Å². The topological polar surface area (TPSA) is 59.3 Å². The molecule has 0 aromatic heterocycles. The van der Waals surface area contributed by atoms with Crippen LogP contribution in [-0.2, 0) is 14.0 Å². The third-order valence-electron chi connectivity index (χ3n) is 1.17. The Labute approximate surface area is 85.3 Å². The molecule has 0 heterocycles. The zero-order valence-corrected chi connectivity index (χ0v) is 9.96. The quantitative estimate of drug-likeness (QED) is 0.235. The van der Waals surface area contributed by atoms with Gasteiger partial charge in [0.15, 0.2) is 14.6 Å². The SMILES string of the molecule is C=C(C#N)C(=O)OC(C)O[Si](C)(C)C. The predicted octanol–water partition coefficient (Wildman–Crippen LogP) is 1.81. The van der Waals surface area contributed by atoms with E-state index in [0.717, 1.165) is 0 Å². The molecule has 4 nitrogen and oxygen atoms in total. The van der Waals surface area contributed by atoms with Crippen molar-refractivity contribution in [3.05, 3.63) is 12.2 Å². The summed E-state index contributed by atoms with van der Waals surface area (Å²) in [4.78, 5) is 11.1. The van der Waals surface area contributed by atoms with Crippen molar-refractivity contribution in [2.45, 2.75) is 32.9 Å². The van der Waals surface area contributed by atoms with E-state index in [9.17, 15) is 4.79 Å². The normalized spacial score (nSPS) is 12.8. The summed E-state index contributed by atoms with van der Waals surface area (Å²) in [7, 11) is -1.72. The highest BCUT2D eigenvalue weighted by molar-refractivity contribution is 6.69. The van der Waals surface area contributed by atoms with E-state index in [4.69, 9.17) is 14.4 Å². The maximum absolute atomic E-state index is 11.1. The van der Waals surface area contributed by atoms with E-state index < -0.39 is 20.6 Å². The van der Waals surface area contributed by atoms with Gasteiger partial charge in [-0.05, 0) is 26.6 Å². The van der Waals surface area contributed by atoms with Gasteiger partial charge in [-0.1, -0.05) is 6.58 Å². The number of esters is 1. The maximum Gasteiger partial charge on any atom is 0.350 e. The second-order valence-corrected chi connectivity index (χ2v) is 8.25. The average Bonchev–Trinajstić information content (AvgIpc) is 1.99. The lowest BCUT2D eigenvalue weighted by atomic mass is 10.3. The van der Waals surface area contributed by atoms with Crippen LogP contribution in [0.3, 0.4) is 0 Å². The van der Waals surface area contributed by atoms with E-state index in [0.29, 0.717) is 0 Å². The highest BCUT2D eigenvalue weighted by Crippen LogP contribution is 2.09. The molecule has 14 heavy (non-hydrogen) atoms. The summed E-state index contributed by atoms with van der Waals surface area (Å²) in [6.07, 6.45) is -0.626. The lowest BCUT2D eigenvalue weighted by Gasteiger charge is -2.22. The highest BCUT2D eigenvalue weighted by Gasteiger charge is 2.21. The third kappa shape index (κ3) is 5.51. The summed E-state index contributed by atoms with van der Waals surface area (Å²) >= 11 is 0. The second kappa shape index (κ2) is 4.93. The molecular formula is C9H15NO3Si. The molecule has 0 amide bonds. The maximum atomic E-state index is 11.1. The molecular weight excluding hydrogens is 198 g/mol. The van der Waals surface area contributed by atoms with Gasteiger partial charge in [0.2, 0.25) is 0 Å². The number of carbonyl (C=O) groups excluding carboxylic acids is 1. The van der Waals surface area contributed by atoms with E-state index in [1.807, 2.05) is 19.6 Å². The Kier molecular flexibility index (Phi) is 4.54. The van der Waals surface area contributed by atoms with Gasteiger partial charge in [-0.25, -0.2) is 4.79 Å². The molecule has 0 aliphatic carbocycles. The van der Waals surface area contributed by atoms with Crippen LogP contribution < -0.4 is 0 Å². The van der Waals surface area contributed by atoms with E-state index in [1.165, 1.54) is 0 Å². The van der Waals surface area contributed by atoms with Crippen LogP contribution in [0.15, 0.2) is 12.2 Å². The monoisotopic (exact) mass is 213 g/mol. The summed E-state index contributed by atoms with van der Waals surface area (Å²) < 4.78 is 10.3. The standard InChI is InChI=1S/C9H15NO3Si/c1-7(6-10)9(11)12-8(2)13-14(3,4)5/h8H,1H2,2-5H3. The van der Waals surface area contributed by atoms with Gasteiger partial charge in [0, 0.05) is 0 Å². The lowest BCUT2D eigenvalue weighted by Crippen LogP contribution is -2.33. The molecule has 0 aliphatic heterocycles. The molecule has 0 aliphatic rings. The summed E-state index contributed by atoms with van der Waals surface area (Å²) in [6, 6.07) is 1.62. The van der Waals surface area contributed by atoms with Crippen LogP contribution in [0.4, 0.5) is 0 Å². The smallest absolute Gasteiger partial charge is 0.350 e. The van der Waals surface area contributed by atoms with Crippen LogP contribution in [0.5, 0.6) is 0 Å². The Balaban J connectivity index is 4.09. The molecule has 1 atom stereocenters. The van der Waals surface area contributed by atoms with Crippen molar-refractivity contribution in [3.8, 4) is 6.07 Å². The Morgan fingerprint density at radius 3 is 2.36 bits per heavy atom. The van der Waals surface area contributed by atoms with Crippen LogP contribution in [0.25, 0.3) is 0 Å². The molecule has 0 saturated heterocycles. The van der Waals surface area contributed by atoms with Gasteiger partial charge < -0.3 is 9.16 Å². The van der Waals surface area contributed by atoms with Crippen LogP contribution in [0.2, 0.25) is 19.6 Å². The fourth-order valence-electron chi connectivity index (χ4n) is 0.789. The fraction of sp³-hybridized carbons (Fsp3) is 0.556. The van der Waals surface area contributed by atoms with Crippen molar-refractivity contribution in [1.82, 2.24) is 0 Å². The first-order valence-corrected chi connectivity index (χ1v) is 7.65. The average molecular weight is 213 g/mol. The zero-order valence-electron chi connectivity index (χ0n) is 8.96. The number of ether oxygens (including phenoxy) is 1. The number of hydrogen-bond donors (Lipinski definition) is 0. The molecule has 0 radical (unpaired) electrons. The molecule has 0 aromatic carbocycles. The van der Waals surface area contributed by atoms with E-state index in [1.54, 1.807) is 13.0 Å². The van der Waals surface area contributed by atoms with E-state index in [-0.39, 0.29) is 5.57 Å². The van der Waals surface area contributed by atoms with Crippen LogP contribution >= 0.6 is 0 Å². The Bertz CT molecular complexity index is 275. The molecule has 78 valence electrons. The van der Waals surface area contributed by atoms with Crippen LogP contribution in [0, 0.1) is 11.3 Å². The Hall–Kier alpha value is -1.12. The number of rotatable bonds is 4. The van der Waals surface area contributed by atoms with E-state index in [2.05, 4.69) is 6.58 Å². The summed E-state index contributed by atoms with van der Waals surface area (Å²) in [5.41, 5.74) is -0.212. The molecule has 5 heteroatoms.